The van der Waals surface area contributed by atoms with Gasteiger partial charge in [-0.15, -0.1) is 0 Å². The minimum atomic E-state index is -0.561. The molecule has 1 heterocycles. The number of carbonyl (C=O) groups is 4. The van der Waals surface area contributed by atoms with Crippen LogP contribution in [0.2, 0.25) is 0 Å². The first-order valence-electron chi connectivity index (χ1n) is 9.05. The van der Waals surface area contributed by atoms with Crippen molar-refractivity contribution in [3.8, 4) is 0 Å². The van der Waals surface area contributed by atoms with Gasteiger partial charge in [-0.05, 0) is 43.5 Å². The van der Waals surface area contributed by atoms with Crippen molar-refractivity contribution in [1.82, 2.24) is 10.2 Å². The molecule has 0 spiro atoms. The fraction of sp³-hybridized carbons (Fsp3) is 0.400. The number of amides is 2. The summed E-state index contributed by atoms with van der Waals surface area (Å²) in [5, 5.41) is 3.05. The van der Waals surface area contributed by atoms with Crippen molar-refractivity contribution in [2.75, 3.05) is 32.6 Å². The number of esters is 2. The number of aryl methyl sites for hydroxylation is 2. The molecule has 1 aromatic carbocycles. The molecule has 0 aromatic heterocycles. The molecule has 1 aliphatic heterocycles. The van der Waals surface area contributed by atoms with E-state index in [1.54, 1.807) is 12.1 Å². The quantitative estimate of drug-likeness (QED) is 0.387. The van der Waals surface area contributed by atoms with Crippen molar-refractivity contribution in [3.63, 3.8) is 0 Å². The molecule has 1 N–H and O–H groups in total. The standard InChI is InChI=1S/C20H24N2O6S/c1-13-5-6-15(9-14(13)2)20(26)21-11-19(25)28-8-4-7-22-16(23)12-29-17(22)10-18(24)27-3/h5-6,9-10H,4,7-8,11-12H2,1-3H3,(H,21,26)/b17-10+. The Morgan fingerprint density at radius 3 is 2.69 bits per heavy atom. The van der Waals surface area contributed by atoms with Gasteiger partial charge in [-0.3, -0.25) is 14.4 Å². The highest BCUT2D eigenvalue weighted by atomic mass is 32.2. The second-order valence-corrected chi connectivity index (χ2v) is 7.39. The Morgan fingerprint density at radius 1 is 1.24 bits per heavy atom. The zero-order valence-electron chi connectivity index (χ0n) is 16.6. The van der Waals surface area contributed by atoms with E-state index in [1.807, 2.05) is 19.9 Å². The maximum atomic E-state index is 12.1. The number of carbonyl (C=O) groups excluding carboxylic acids is 4. The number of benzene rings is 1. The predicted octanol–water partition coefficient (Wildman–Crippen LogP) is 1.56. The van der Waals surface area contributed by atoms with Gasteiger partial charge in [-0.25, -0.2) is 4.79 Å². The molecule has 0 aliphatic carbocycles. The number of hydrogen-bond donors (Lipinski definition) is 1. The lowest BCUT2D eigenvalue weighted by Crippen LogP contribution is -2.31. The summed E-state index contributed by atoms with van der Waals surface area (Å²) in [6.07, 6.45) is 1.67. The molecule has 9 heteroatoms. The summed E-state index contributed by atoms with van der Waals surface area (Å²) < 4.78 is 9.67. The lowest BCUT2D eigenvalue weighted by molar-refractivity contribution is -0.142. The van der Waals surface area contributed by atoms with Crippen molar-refractivity contribution in [1.29, 1.82) is 0 Å². The van der Waals surface area contributed by atoms with E-state index in [1.165, 1.54) is 29.8 Å². The van der Waals surface area contributed by atoms with E-state index in [0.29, 0.717) is 23.6 Å². The molecule has 2 amide bonds. The number of nitrogens with zero attached hydrogens (tertiary/aromatic N) is 1. The van der Waals surface area contributed by atoms with Gasteiger partial charge in [0.2, 0.25) is 5.91 Å². The fourth-order valence-corrected chi connectivity index (χ4v) is 3.48. The fourth-order valence-electron chi connectivity index (χ4n) is 2.53. The molecule has 156 valence electrons. The second-order valence-electron chi connectivity index (χ2n) is 6.40. The molecule has 1 saturated heterocycles. The summed E-state index contributed by atoms with van der Waals surface area (Å²) in [4.78, 5) is 48.6. The number of thioether (sulfide) groups is 1. The van der Waals surface area contributed by atoms with Gasteiger partial charge in [0.25, 0.3) is 5.91 Å². The molecular weight excluding hydrogens is 396 g/mol. The first kappa shape index (κ1) is 22.5. The summed E-state index contributed by atoms with van der Waals surface area (Å²) in [6, 6.07) is 5.32. The number of rotatable bonds is 8. The maximum absolute atomic E-state index is 12.1. The van der Waals surface area contributed by atoms with Crippen molar-refractivity contribution >= 4 is 35.5 Å². The maximum Gasteiger partial charge on any atom is 0.333 e. The third kappa shape index (κ3) is 6.63. The van der Waals surface area contributed by atoms with Gasteiger partial charge in [0.05, 0.1) is 30.6 Å². The number of hydrogen-bond acceptors (Lipinski definition) is 7. The molecule has 1 fully saturated rings. The van der Waals surface area contributed by atoms with E-state index >= 15 is 0 Å². The second kappa shape index (κ2) is 10.7. The van der Waals surface area contributed by atoms with E-state index in [-0.39, 0.29) is 30.7 Å². The summed E-state index contributed by atoms with van der Waals surface area (Å²) in [6.45, 7) is 4.04. The van der Waals surface area contributed by atoms with E-state index in [2.05, 4.69) is 10.1 Å². The Hall–Kier alpha value is -2.81. The van der Waals surface area contributed by atoms with Crippen LogP contribution in [0, 0.1) is 13.8 Å². The van der Waals surface area contributed by atoms with Crippen LogP contribution in [0.1, 0.15) is 27.9 Å². The predicted molar refractivity (Wildman–Crippen MR) is 108 cm³/mol. The number of nitrogens with one attached hydrogen (secondary N) is 1. The monoisotopic (exact) mass is 420 g/mol. The Balaban J connectivity index is 1.72. The summed E-state index contributed by atoms with van der Waals surface area (Å²) >= 11 is 1.26. The molecule has 0 bridgehead atoms. The summed E-state index contributed by atoms with van der Waals surface area (Å²) in [5.74, 6) is -1.29. The van der Waals surface area contributed by atoms with Crippen LogP contribution in [-0.2, 0) is 23.9 Å². The molecule has 2 rings (SSSR count). The van der Waals surface area contributed by atoms with Crippen molar-refractivity contribution < 1.29 is 28.7 Å². The van der Waals surface area contributed by atoms with E-state index < -0.39 is 11.9 Å². The molecular formula is C20H24N2O6S. The van der Waals surface area contributed by atoms with Gasteiger partial charge < -0.3 is 19.7 Å². The van der Waals surface area contributed by atoms with Gasteiger partial charge in [-0.1, -0.05) is 17.8 Å². The van der Waals surface area contributed by atoms with Crippen LogP contribution in [0.5, 0.6) is 0 Å². The van der Waals surface area contributed by atoms with Crippen LogP contribution < -0.4 is 5.32 Å². The van der Waals surface area contributed by atoms with Crippen molar-refractivity contribution in [2.45, 2.75) is 20.3 Å². The Labute approximate surface area is 173 Å². The Morgan fingerprint density at radius 2 is 2.00 bits per heavy atom. The van der Waals surface area contributed by atoms with Crippen molar-refractivity contribution in [3.05, 3.63) is 46.0 Å². The van der Waals surface area contributed by atoms with Gasteiger partial charge in [0.15, 0.2) is 0 Å². The highest BCUT2D eigenvalue weighted by molar-refractivity contribution is 8.04. The minimum Gasteiger partial charge on any atom is -0.466 e. The van der Waals surface area contributed by atoms with Crippen LogP contribution in [0.15, 0.2) is 29.3 Å². The molecule has 29 heavy (non-hydrogen) atoms. The molecule has 0 saturated carbocycles. The smallest absolute Gasteiger partial charge is 0.333 e. The lowest BCUT2D eigenvalue weighted by atomic mass is 10.1. The van der Waals surface area contributed by atoms with Crippen LogP contribution in [0.25, 0.3) is 0 Å². The van der Waals surface area contributed by atoms with E-state index in [9.17, 15) is 19.2 Å². The molecule has 0 radical (unpaired) electrons. The molecule has 8 nitrogen and oxygen atoms in total. The average molecular weight is 420 g/mol. The minimum absolute atomic E-state index is 0.0955. The average Bonchev–Trinajstić information content (AvgIpc) is 3.04. The topological polar surface area (TPSA) is 102 Å². The molecule has 0 atom stereocenters. The van der Waals surface area contributed by atoms with Gasteiger partial charge in [0.1, 0.15) is 6.54 Å². The Bertz CT molecular complexity index is 836. The Kier molecular flexibility index (Phi) is 8.26. The van der Waals surface area contributed by atoms with Gasteiger partial charge >= 0.3 is 11.9 Å². The van der Waals surface area contributed by atoms with Crippen LogP contribution >= 0.6 is 11.8 Å². The zero-order chi connectivity index (χ0) is 21.4. The molecule has 1 aromatic rings. The van der Waals surface area contributed by atoms with Crippen LogP contribution in [-0.4, -0.2) is 61.2 Å². The lowest BCUT2D eigenvalue weighted by Gasteiger charge is -2.16. The summed E-state index contributed by atoms with van der Waals surface area (Å²) in [7, 11) is 1.27. The molecule has 1 aliphatic rings. The highest BCUT2D eigenvalue weighted by Gasteiger charge is 2.27. The largest absolute Gasteiger partial charge is 0.466 e. The van der Waals surface area contributed by atoms with E-state index in [4.69, 9.17) is 4.74 Å². The first-order chi connectivity index (χ1) is 13.8. The summed E-state index contributed by atoms with van der Waals surface area (Å²) in [5.41, 5.74) is 2.56. The third-order valence-electron chi connectivity index (χ3n) is 4.30. The highest BCUT2D eigenvalue weighted by Crippen LogP contribution is 2.28. The van der Waals surface area contributed by atoms with Crippen molar-refractivity contribution in [2.24, 2.45) is 0 Å². The number of ether oxygens (including phenoxy) is 2. The number of methoxy groups -OCH3 is 1. The third-order valence-corrected chi connectivity index (χ3v) is 5.33. The van der Waals surface area contributed by atoms with E-state index in [0.717, 1.165) is 11.1 Å². The van der Waals surface area contributed by atoms with Crippen LogP contribution in [0.3, 0.4) is 0 Å². The normalized spacial score (nSPS) is 14.8. The SMILES string of the molecule is COC(=O)/C=C1/SCC(=O)N1CCCOC(=O)CNC(=O)c1ccc(C)c(C)c1. The van der Waals surface area contributed by atoms with Crippen LogP contribution in [0.4, 0.5) is 0 Å². The van der Waals surface area contributed by atoms with Gasteiger partial charge in [-0.2, -0.15) is 0 Å². The molecule has 0 unspecified atom stereocenters. The first-order valence-corrected chi connectivity index (χ1v) is 10.0. The van der Waals surface area contributed by atoms with Gasteiger partial charge in [0, 0.05) is 12.1 Å². The zero-order valence-corrected chi connectivity index (χ0v) is 17.5.